The van der Waals surface area contributed by atoms with Crippen LogP contribution >= 0.6 is 11.3 Å². The number of nitro groups is 1. The zero-order chi connectivity index (χ0) is 30.6. The SMILES string of the molecule is O=C(c1csc(CN(Cc2cccc(C(F)(F)F)c2)Cc2ccccc2F)n1)N1CCN(c2ccc([N+](=O)[O-])cc2)CC1. The number of nitro benzene ring substituents is 1. The van der Waals surface area contributed by atoms with Gasteiger partial charge in [-0.05, 0) is 29.8 Å². The molecule has 13 heteroatoms. The molecular formula is C30H27F4N5O3S. The van der Waals surface area contributed by atoms with Gasteiger partial charge in [-0.15, -0.1) is 11.3 Å². The highest BCUT2D eigenvalue weighted by Crippen LogP contribution is 2.30. The third-order valence-electron chi connectivity index (χ3n) is 7.13. The number of anilines is 1. The zero-order valence-corrected chi connectivity index (χ0v) is 23.7. The fourth-order valence-corrected chi connectivity index (χ4v) is 5.74. The van der Waals surface area contributed by atoms with E-state index in [2.05, 4.69) is 4.98 Å². The molecule has 0 saturated carbocycles. The van der Waals surface area contributed by atoms with Crippen molar-refractivity contribution in [2.24, 2.45) is 0 Å². The van der Waals surface area contributed by atoms with Gasteiger partial charge in [0.15, 0.2) is 0 Å². The Hall–Kier alpha value is -4.36. The molecule has 1 fully saturated rings. The molecule has 2 heterocycles. The topological polar surface area (TPSA) is 82.8 Å². The molecule has 0 N–H and O–H groups in total. The van der Waals surface area contributed by atoms with Crippen LogP contribution in [0.15, 0.2) is 78.2 Å². The number of halogens is 4. The molecule has 0 radical (unpaired) electrons. The van der Waals surface area contributed by atoms with Crippen LogP contribution in [0.3, 0.4) is 0 Å². The number of non-ortho nitro benzene ring substituents is 1. The number of piperazine rings is 1. The van der Waals surface area contributed by atoms with Crippen LogP contribution < -0.4 is 4.90 Å². The Morgan fingerprint density at radius 3 is 2.35 bits per heavy atom. The largest absolute Gasteiger partial charge is 0.416 e. The summed E-state index contributed by atoms with van der Waals surface area (Å²) in [7, 11) is 0. The first-order chi connectivity index (χ1) is 20.6. The molecule has 1 aromatic heterocycles. The third-order valence-corrected chi connectivity index (χ3v) is 7.97. The molecule has 0 spiro atoms. The molecule has 8 nitrogen and oxygen atoms in total. The molecule has 3 aromatic carbocycles. The molecule has 4 aromatic rings. The summed E-state index contributed by atoms with van der Waals surface area (Å²) in [6.45, 7) is 2.44. The van der Waals surface area contributed by atoms with Crippen molar-refractivity contribution in [3.8, 4) is 0 Å². The first-order valence-electron chi connectivity index (χ1n) is 13.4. The van der Waals surface area contributed by atoms with Gasteiger partial charge in [0.25, 0.3) is 11.6 Å². The lowest BCUT2D eigenvalue weighted by atomic mass is 10.1. The smallest absolute Gasteiger partial charge is 0.368 e. The molecule has 5 rings (SSSR count). The molecule has 0 unspecified atom stereocenters. The number of carbonyl (C=O) groups excluding carboxylic acids is 1. The maximum absolute atomic E-state index is 14.5. The highest BCUT2D eigenvalue weighted by atomic mass is 32.1. The van der Waals surface area contributed by atoms with Crippen molar-refractivity contribution in [1.82, 2.24) is 14.8 Å². The Labute approximate surface area is 248 Å². The minimum atomic E-state index is -4.48. The van der Waals surface area contributed by atoms with Gasteiger partial charge in [0.2, 0.25) is 0 Å². The Balaban J connectivity index is 1.25. The predicted octanol–water partition coefficient (Wildman–Crippen LogP) is 6.37. The van der Waals surface area contributed by atoms with Gasteiger partial charge < -0.3 is 9.80 Å². The first kappa shape index (κ1) is 30.1. The van der Waals surface area contributed by atoms with Crippen LogP contribution in [-0.4, -0.2) is 51.8 Å². The van der Waals surface area contributed by atoms with E-state index in [1.165, 1.54) is 35.6 Å². The number of thiazole rings is 1. The van der Waals surface area contributed by atoms with Crippen molar-refractivity contribution in [3.63, 3.8) is 0 Å². The summed E-state index contributed by atoms with van der Waals surface area (Å²) in [5.41, 5.74) is 1.18. The van der Waals surface area contributed by atoms with Crippen LogP contribution in [0.2, 0.25) is 0 Å². The molecule has 1 aliphatic rings. The van der Waals surface area contributed by atoms with E-state index in [-0.39, 0.29) is 36.9 Å². The number of hydrogen-bond donors (Lipinski definition) is 0. The summed E-state index contributed by atoms with van der Waals surface area (Å²) in [6.07, 6.45) is -4.48. The van der Waals surface area contributed by atoms with Crippen LogP contribution in [0.1, 0.15) is 32.2 Å². The van der Waals surface area contributed by atoms with Crippen molar-refractivity contribution in [3.05, 3.63) is 121 Å². The van der Waals surface area contributed by atoms with E-state index in [1.54, 1.807) is 51.6 Å². The highest BCUT2D eigenvalue weighted by molar-refractivity contribution is 7.09. The summed E-state index contributed by atoms with van der Waals surface area (Å²) in [6, 6.07) is 17.5. The quantitative estimate of drug-likeness (QED) is 0.124. The lowest BCUT2D eigenvalue weighted by molar-refractivity contribution is -0.384. The van der Waals surface area contributed by atoms with Gasteiger partial charge in [0, 0.05) is 68.0 Å². The van der Waals surface area contributed by atoms with Crippen molar-refractivity contribution >= 4 is 28.6 Å². The summed E-state index contributed by atoms with van der Waals surface area (Å²) in [4.78, 5) is 33.8. The number of hydrogen-bond acceptors (Lipinski definition) is 7. The second-order valence-corrected chi connectivity index (χ2v) is 11.1. The van der Waals surface area contributed by atoms with Crippen molar-refractivity contribution in [2.75, 3.05) is 31.1 Å². The third kappa shape index (κ3) is 7.54. The van der Waals surface area contributed by atoms with Gasteiger partial charge >= 0.3 is 6.18 Å². The molecule has 0 aliphatic carbocycles. The second-order valence-electron chi connectivity index (χ2n) is 10.1. The maximum Gasteiger partial charge on any atom is 0.416 e. The van der Waals surface area contributed by atoms with Crippen LogP contribution in [0, 0.1) is 15.9 Å². The first-order valence-corrected chi connectivity index (χ1v) is 14.3. The van der Waals surface area contributed by atoms with Gasteiger partial charge in [-0.1, -0.05) is 36.4 Å². The highest BCUT2D eigenvalue weighted by Gasteiger charge is 2.30. The average molecular weight is 614 g/mol. The van der Waals surface area contributed by atoms with E-state index in [1.807, 2.05) is 4.90 Å². The van der Waals surface area contributed by atoms with Gasteiger partial charge in [0.05, 0.1) is 17.0 Å². The van der Waals surface area contributed by atoms with Crippen LogP contribution in [0.4, 0.5) is 28.9 Å². The number of carbonyl (C=O) groups is 1. The van der Waals surface area contributed by atoms with Gasteiger partial charge in [-0.3, -0.25) is 19.8 Å². The Kier molecular flexibility index (Phi) is 9.02. The zero-order valence-electron chi connectivity index (χ0n) is 22.8. The predicted molar refractivity (Wildman–Crippen MR) is 154 cm³/mol. The van der Waals surface area contributed by atoms with E-state index in [0.717, 1.165) is 17.8 Å². The van der Waals surface area contributed by atoms with E-state index < -0.39 is 22.5 Å². The number of benzene rings is 3. The lowest BCUT2D eigenvalue weighted by Crippen LogP contribution is -2.48. The van der Waals surface area contributed by atoms with Crippen molar-refractivity contribution < 1.29 is 27.3 Å². The van der Waals surface area contributed by atoms with E-state index in [0.29, 0.717) is 42.3 Å². The molecule has 1 amide bonds. The molecule has 1 aliphatic heterocycles. The maximum atomic E-state index is 14.5. The van der Waals surface area contributed by atoms with E-state index in [4.69, 9.17) is 0 Å². The normalized spacial score (nSPS) is 13.9. The van der Waals surface area contributed by atoms with Gasteiger partial charge in [0.1, 0.15) is 16.5 Å². The molecule has 1 saturated heterocycles. The summed E-state index contributed by atoms with van der Waals surface area (Å²) in [5, 5.41) is 13.2. The minimum absolute atomic E-state index is 0.0131. The number of aromatic nitrogens is 1. The minimum Gasteiger partial charge on any atom is -0.368 e. The number of alkyl halides is 3. The van der Waals surface area contributed by atoms with Crippen LogP contribution in [-0.2, 0) is 25.8 Å². The summed E-state index contributed by atoms with van der Waals surface area (Å²) < 4.78 is 54.4. The van der Waals surface area contributed by atoms with Crippen LogP contribution in [0.25, 0.3) is 0 Å². The lowest BCUT2D eigenvalue weighted by Gasteiger charge is -2.35. The monoisotopic (exact) mass is 613 g/mol. The average Bonchev–Trinajstić information content (AvgIpc) is 3.46. The molecule has 0 bridgehead atoms. The standard InChI is InChI=1S/C30H27F4N5O3S/c31-26-7-2-1-5-22(26)18-36(17-21-4-3-6-23(16-21)30(32,33)34)19-28-35-27(20-43-28)29(40)38-14-12-37(13-15-38)24-8-10-25(11-9-24)39(41)42/h1-11,16,20H,12-15,17-19H2. The van der Waals surface area contributed by atoms with Gasteiger partial charge in [-0.25, -0.2) is 9.37 Å². The number of rotatable bonds is 9. The van der Waals surface area contributed by atoms with E-state index >= 15 is 0 Å². The molecule has 43 heavy (non-hydrogen) atoms. The van der Waals surface area contributed by atoms with Crippen molar-refractivity contribution in [1.29, 1.82) is 0 Å². The molecular weight excluding hydrogens is 586 g/mol. The summed E-state index contributed by atoms with van der Waals surface area (Å²) in [5.74, 6) is -0.649. The summed E-state index contributed by atoms with van der Waals surface area (Å²) >= 11 is 1.26. The molecule has 224 valence electrons. The number of amides is 1. The van der Waals surface area contributed by atoms with Crippen molar-refractivity contribution in [2.45, 2.75) is 25.8 Å². The fourth-order valence-electron chi connectivity index (χ4n) is 4.93. The number of nitrogens with zero attached hydrogens (tertiary/aromatic N) is 5. The Bertz CT molecular complexity index is 1590. The van der Waals surface area contributed by atoms with Gasteiger partial charge in [-0.2, -0.15) is 13.2 Å². The Morgan fingerprint density at radius 2 is 1.67 bits per heavy atom. The molecule has 0 atom stereocenters. The van der Waals surface area contributed by atoms with Crippen LogP contribution in [0.5, 0.6) is 0 Å². The second kappa shape index (κ2) is 12.9. The fraction of sp³-hybridized carbons (Fsp3) is 0.267. The Morgan fingerprint density at radius 1 is 0.953 bits per heavy atom. The van der Waals surface area contributed by atoms with E-state index in [9.17, 15) is 32.5 Å².